The van der Waals surface area contributed by atoms with E-state index >= 15 is 0 Å². The standard InChI is InChI=1S/C23H28N2O3/c1-17-5-3-4-16-25(17)23(27)19-6-10-20(11-7-19)24-15-14-22(26)18-8-12-21(28-2)13-9-18/h6-13,17,24H,3-5,14-16H2,1-2H3/t17-/m0/s1. The summed E-state index contributed by atoms with van der Waals surface area (Å²) in [6, 6.07) is 15.0. The van der Waals surface area contributed by atoms with Crippen molar-refractivity contribution >= 4 is 17.4 Å². The summed E-state index contributed by atoms with van der Waals surface area (Å²) in [5.74, 6) is 0.928. The Balaban J connectivity index is 1.50. The average Bonchev–Trinajstić information content (AvgIpc) is 2.74. The van der Waals surface area contributed by atoms with Crippen LogP contribution in [-0.4, -0.2) is 42.8 Å². The molecule has 28 heavy (non-hydrogen) atoms. The predicted octanol–water partition coefficient (Wildman–Crippen LogP) is 4.39. The number of ketones is 1. The molecule has 0 saturated carbocycles. The third-order valence-corrected chi connectivity index (χ3v) is 5.29. The van der Waals surface area contributed by atoms with Crippen LogP contribution < -0.4 is 10.1 Å². The number of hydrogen-bond acceptors (Lipinski definition) is 4. The van der Waals surface area contributed by atoms with Crippen LogP contribution in [0, 0.1) is 0 Å². The highest BCUT2D eigenvalue weighted by Gasteiger charge is 2.23. The van der Waals surface area contributed by atoms with Crippen molar-refractivity contribution in [3.05, 3.63) is 59.7 Å². The molecular weight excluding hydrogens is 352 g/mol. The van der Waals surface area contributed by atoms with Crippen LogP contribution in [0.3, 0.4) is 0 Å². The van der Waals surface area contributed by atoms with Crippen LogP contribution in [0.4, 0.5) is 5.69 Å². The zero-order chi connectivity index (χ0) is 19.9. The molecule has 1 aliphatic rings. The van der Waals surface area contributed by atoms with E-state index in [4.69, 9.17) is 4.74 Å². The summed E-state index contributed by atoms with van der Waals surface area (Å²) in [4.78, 5) is 26.9. The van der Waals surface area contributed by atoms with Gasteiger partial charge in [0.1, 0.15) is 5.75 Å². The van der Waals surface area contributed by atoms with Crippen molar-refractivity contribution in [2.24, 2.45) is 0 Å². The topological polar surface area (TPSA) is 58.6 Å². The van der Waals surface area contributed by atoms with E-state index in [2.05, 4.69) is 12.2 Å². The fourth-order valence-electron chi connectivity index (χ4n) is 3.54. The predicted molar refractivity (Wildman–Crippen MR) is 111 cm³/mol. The molecular formula is C23H28N2O3. The molecule has 5 heteroatoms. The molecule has 1 atom stereocenters. The number of rotatable bonds is 7. The van der Waals surface area contributed by atoms with E-state index in [0.717, 1.165) is 30.8 Å². The number of carbonyl (C=O) groups is 2. The van der Waals surface area contributed by atoms with Gasteiger partial charge >= 0.3 is 0 Å². The van der Waals surface area contributed by atoms with Gasteiger partial charge in [0.2, 0.25) is 0 Å². The van der Waals surface area contributed by atoms with E-state index in [-0.39, 0.29) is 11.7 Å². The summed E-state index contributed by atoms with van der Waals surface area (Å²) in [6.45, 7) is 3.50. The van der Waals surface area contributed by atoms with Crippen LogP contribution in [0.5, 0.6) is 5.75 Å². The Morgan fingerprint density at radius 1 is 1.04 bits per heavy atom. The van der Waals surface area contributed by atoms with Gasteiger partial charge in [-0.05, 0) is 74.7 Å². The first-order chi connectivity index (χ1) is 13.6. The molecule has 2 aromatic carbocycles. The number of anilines is 1. The van der Waals surface area contributed by atoms with Crippen molar-refractivity contribution in [1.29, 1.82) is 0 Å². The molecule has 1 N–H and O–H groups in total. The van der Waals surface area contributed by atoms with Gasteiger partial charge in [-0.3, -0.25) is 9.59 Å². The zero-order valence-electron chi connectivity index (χ0n) is 16.6. The molecule has 3 rings (SSSR count). The molecule has 0 aromatic heterocycles. The van der Waals surface area contributed by atoms with E-state index in [0.29, 0.717) is 30.1 Å². The maximum absolute atomic E-state index is 12.7. The Hall–Kier alpha value is -2.82. The molecule has 0 bridgehead atoms. The lowest BCUT2D eigenvalue weighted by molar-refractivity contribution is 0.0635. The maximum atomic E-state index is 12.7. The van der Waals surface area contributed by atoms with Crippen molar-refractivity contribution in [1.82, 2.24) is 4.90 Å². The summed E-state index contributed by atoms with van der Waals surface area (Å²) < 4.78 is 5.11. The van der Waals surface area contributed by atoms with Gasteiger partial charge < -0.3 is 15.0 Å². The van der Waals surface area contributed by atoms with Crippen molar-refractivity contribution in [3.63, 3.8) is 0 Å². The van der Waals surface area contributed by atoms with Crippen molar-refractivity contribution in [2.45, 2.75) is 38.6 Å². The monoisotopic (exact) mass is 380 g/mol. The molecule has 0 radical (unpaired) electrons. The lowest BCUT2D eigenvalue weighted by Crippen LogP contribution is -2.41. The number of methoxy groups -OCH3 is 1. The summed E-state index contributed by atoms with van der Waals surface area (Å²) >= 11 is 0. The van der Waals surface area contributed by atoms with Gasteiger partial charge in [0.25, 0.3) is 5.91 Å². The highest BCUT2D eigenvalue weighted by molar-refractivity contribution is 5.96. The van der Waals surface area contributed by atoms with Crippen molar-refractivity contribution in [2.75, 3.05) is 25.5 Å². The molecule has 0 unspecified atom stereocenters. The van der Waals surface area contributed by atoms with E-state index < -0.39 is 0 Å². The van der Waals surface area contributed by atoms with Crippen LogP contribution in [-0.2, 0) is 0 Å². The molecule has 1 aliphatic heterocycles. The van der Waals surface area contributed by atoms with Gasteiger partial charge in [0.05, 0.1) is 7.11 Å². The SMILES string of the molecule is COc1ccc(C(=O)CCNc2ccc(C(=O)N3CCCC[C@@H]3C)cc2)cc1. The third-order valence-electron chi connectivity index (χ3n) is 5.29. The van der Waals surface area contributed by atoms with Crippen LogP contribution in [0.25, 0.3) is 0 Å². The molecule has 5 nitrogen and oxygen atoms in total. The number of piperidine rings is 1. The Morgan fingerprint density at radius 2 is 1.71 bits per heavy atom. The second-order valence-electron chi connectivity index (χ2n) is 7.25. The zero-order valence-corrected chi connectivity index (χ0v) is 16.6. The Labute approximate surface area is 166 Å². The number of hydrogen-bond donors (Lipinski definition) is 1. The number of carbonyl (C=O) groups excluding carboxylic acids is 2. The molecule has 148 valence electrons. The summed E-state index contributed by atoms with van der Waals surface area (Å²) in [7, 11) is 1.60. The largest absolute Gasteiger partial charge is 0.497 e. The Morgan fingerprint density at radius 3 is 2.36 bits per heavy atom. The minimum absolute atomic E-state index is 0.0843. The molecule has 2 aromatic rings. The third kappa shape index (κ3) is 4.91. The van der Waals surface area contributed by atoms with Crippen LogP contribution in [0.2, 0.25) is 0 Å². The highest BCUT2D eigenvalue weighted by Crippen LogP contribution is 2.20. The molecule has 1 saturated heterocycles. The van der Waals surface area contributed by atoms with Crippen molar-refractivity contribution < 1.29 is 14.3 Å². The summed E-state index contributed by atoms with van der Waals surface area (Å²) in [6.07, 6.45) is 3.76. The van der Waals surface area contributed by atoms with E-state index in [1.807, 2.05) is 29.2 Å². The second kappa shape index (κ2) is 9.40. The van der Waals surface area contributed by atoms with Gasteiger partial charge in [-0.25, -0.2) is 0 Å². The number of amides is 1. The molecule has 0 spiro atoms. The fourth-order valence-corrected chi connectivity index (χ4v) is 3.54. The van der Waals surface area contributed by atoms with Gasteiger partial charge in [-0.1, -0.05) is 0 Å². The van der Waals surface area contributed by atoms with Crippen LogP contribution in [0.1, 0.15) is 53.3 Å². The van der Waals surface area contributed by atoms with E-state index in [9.17, 15) is 9.59 Å². The first-order valence-electron chi connectivity index (χ1n) is 9.90. The molecule has 1 heterocycles. The van der Waals surface area contributed by atoms with Crippen molar-refractivity contribution in [3.8, 4) is 5.75 Å². The van der Waals surface area contributed by atoms with E-state index in [1.54, 1.807) is 31.4 Å². The first kappa shape index (κ1) is 19.9. The van der Waals surface area contributed by atoms with Crippen LogP contribution >= 0.6 is 0 Å². The number of likely N-dealkylation sites (tertiary alicyclic amines) is 1. The number of Topliss-reactive ketones (excluding diaryl/α,β-unsaturated/α-hetero) is 1. The summed E-state index contributed by atoms with van der Waals surface area (Å²) in [5, 5.41) is 3.25. The Bertz CT molecular complexity index is 800. The second-order valence-corrected chi connectivity index (χ2v) is 7.25. The summed E-state index contributed by atoms with van der Waals surface area (Å²) in [5.41, 5.74) is 2.30. The number of ether oxygens (including phenoxy) is 1. The van der Waals surface area contributed by atoms with Gasteiger partial charge in [0, 0.05) is 42.4 Å². The van der Waals surface area contributed by atoms with E-state index in [1.165, 1.54) is 6.42 Å². The normalized spacial score (nSPS) is 16.5. The molecule has 1 amide bonds. The van der Waals surface area contributed by atoms with Gasteiger partial charge in [0.15, 0.2) is 5.78 Å². The quantitative estimate of drug-likeness (QED) is 0.724. The Kier molecular flexibility index (Phi) is 6.69. The van der Waals surface area contributed by atoms with Crippen LogP contribution in [0.15, 0.2) is 48.5 Å². The molecule has 0 aliphatic carbocycles. The van der Waals surface area contributed by atoms with Gasteiger partial charge in [-0.2, -0.15) is 0 Å². The number of nitrogens with zero attached hydrogens (tertiary/aromatic N) is 1. The number of benzene rings is 2. The minimum Gasteiger partial charge on any atom is -0.497 e. The lowest BCUT2D eigenvalue weighted by atomic mass is 10.0. The molecule has 1 fully saturated rings. The van der Waals surface area contributed by atoms with Gasteiger partial charge in [-0.15, -0.1) is 0 Å². The average molecular weight is 380 g/mol. The fraction of sp³-hybridized carbons (Fsp3) is 0.391. The first-order valence-corrected chi connectivity index (χ1v) is 9.90. The maximum Gasteiger partial charge on any atom is 0.254 e. The minimum atomic E-state index is 0.0843. The smallest absolute Gasteiger partial charge is 0.254 e. The lowest BCUT2D eigenvalue weighted by Gasteiger charge is -2.33. The highest BCUT2D eigenvalue weighted by atomic mass is 16.5. The number of nitrogens with one attached hydrogen (secondary N) is 1.